The zero-order chi connectivity index (χ0) is 15.3. The number of benzene rings is 1. The maximum atomic E-state index is 12.0. The van der Waals surface area contributed by atoms with Crippen molar-refractivity contribution in [3.8, 4) is 6.07 Å². The van der Waals surface area contributed by atoms with Gasteiger partial charge in [0.1, 0.15) is 0 Å². The van der Waals surface area contributed by atoms with Crippen LogP contribution in [0.25, 0.3) is 0 Å². The fourth-order valence-corrected chi connectivity index (χ4v) is 2.79. The number of carbonyl (C=O) groups is 1. The Morgan fingerprint density at radius 2 is 2.19 bits per heavy atom. The molecule has 0 aromatic heterocycles. The summed E-state index contributed by atoms with van der Waals surface area (Å²) in [6.07, 6.45) is 3.21. The lowest BCUT2D eigenvalue weighted by Crippen LogP contribution is -2.46. The van der Waals surface area contributed by atoms with Crippen LogP contribution in [0.1, 0.15) is 31.7 Å². The second-order valence-electron chi connectivity index (χ2n) is 5.89. The van der Waals surface area contributed by atoms with Crippen LogP contribution in [0.3, 0.4) is 0 Å². The average molecular weight is 287 g/mol. The number of anilines is 1. The molecule has 0 aliphatic heterocycles. The topological polar surface area (TPSA) is 85.2 Å². The molecule has 1 aliphatic rings. The molecule has 1 aromatic carbocycles. The van der Waals surface area contributed by atoms with Crippen LogP contribution >= 0.6 is 0 Å². The van der Waals surface area contributed by atoms with Gasteiger partial charge >= 0.3 is 6.03 Å². The Morgan fingerprint density at radius 3 is 2.81 bits per heavy atom. The first-order valence-corrected chi connectivity index (χ1v) is 7.22. The molecule has 0 spiro atoms. The first-order chi connectivity index (χ1) is 10.1. The van der Waals surface area contributed by atoms with E-state index in [1.807, 2.05) is 19.1 Å². The number of carbonyl (C=O) groups excluding carboxylic acids is 1. The van der Waals surface area contributed by atoms with Gasteiger partial charge in [0.05, 0.1) is 19.1 Å². The van der Waals surface area contributed by atoms with E-state index in [9.17, 15) is 9.90 Å². The van der Waals surface area contributed by atoms with Crippen LogP contribution < -0.4 is 10.6 Å². The van der Waals surface area contributed by atoms with E-state index in [1.165, 1.54) is 0 Å². The molecular formula is C16H21N3O2. The number of nitrogens with one attached hydrogen (secondary N) is 2. The predicted molar refractivity (Wildman–Crippen MR) is 80.7 cm³/mol. The third kappa shape index (κ3) is 3.73. The highest BCUT2D eigenvalue weighted by Gasteiger charge is 2.39. The van der Waals surface area contributed by atoms with Crippen molar-refractivity contribution in [2.45, 2.75) is 38.6 Å². The van der Waals surface area contributed by atoms with Gasteiger partial charge in [-0.25, -0.2) is 4.79 Å². The van der Waals surface area contributed by atoms with Crippen molar-refractivity contribution in [3.05, 3.63) is 29.8 Å². The third-order valence-electron chi connectivity index (χ3n) is 4.24. The predicted octanol–water partition coefficient (Wildman–Crippen LogP) is 2.43. The monoisotopic (exact) mass is 287 g/mol. The Hall–Kier alpha value is -2.06. The smallest absolute Gasteiger partial charge is 0.319 e. The molecule has 1 saturated carbocycles. The van der Waals surface area contributed by atoms with Crippen molar-refractivity contribution in [1.29, 1.82) is 5.26 Å². The lowest BCUT2D eigenvalue weighted by molar-refractivity contribution is 0.122. The summed E-state index contributed by atoms with van der Waals surface area (Å²) in [5, 5.41) is 23.8. The lowest BCUT2D eigenvalue weighted by Gasteiger charge is -2.30. The van der Waals surface area contributed by atoms with Crippen LogP contribution in [0.15, 0.2) is 24.3 Å². The summed E-state index contributed by atoms with van der Waals surface area (Å²) in [6, 6.07) is 9.05. The van der Waals surface area contributed by atoms with E-state index >= 15 is 0 Å². The van der Waals surface area contributed by atoms with Crippen LogP contribution in [0.5, 0.6) is 0 Å². The Labute approximate surface area is 125 Å². The number of hydrogen-bond acceptors (Lipinski definition) is 3. The van der Waals surface area contributed by atoms with Crippen LogP contribution in [0, 0.1) is 16.7 Å². The summed E-state index contributed by atoms with van der Waals surface area (Å²) in [5.74, 6) is 0. The molecule has 2 atom stereocenters. The minimum Gasteiger partial charge on any atom is -0.396 e. The second-order valence-corrected chi connectivity index (χ2v) is 5.89. The molecule has 0 bridgehead atoms. The number of amides is 2. The Balaban J connectivity index is 1.91. The van der Waals surface area contributed by atoms with Gasteiger partial charge in [0.2, 0.25) is 0 Å². The normalized spacial score (nSPS) is 24.3. The summed E-state index contributed by atoms with van der Waals surface area (Å²) >= 11 is 0. The van der Waals surface area contributed by atoms with Gasteiger partial charge in [-0.2, -0.15) is 5.26 Å². The molecule has 0 radical (unpaired) electrons. The maximum Gasteiger partial charge on any atom is 0.319 e. The summed E-state index contributed by atoms with van der Waals surface area (Å²) in [4.78, 5) is 12.0. The number of urea groups is 1. The van der Waals surface area contributed by atoms with E-state index in [0.29, 0.717) is 12.1 Å². The van der Waals surface area contributed by atoms with E-state index in [2.05, 4.69) is 16.7 Å². The highest BCUT2D eigenvalue weighted by Crippen LogP contribution is 2.37. The summed E-state index contributed by atoms with van der Waals surface area (Å²) < 4.78 is 0. The lowest BCUT2D eigenvalue weighted by atomic mass is 9.86. The van der Waals surface area contributed by atoms with Crippen molar-refractivity contribution in [2.75, 3.05) is 11.9 Å². The zero-order valence-corrected chi connectivity index (χ0v) is 12.2. The van der Waals surface area contributed by atoms with Gasteiger partial charge in [-0.05, 0) is 30.5 Å². The highest BCUT2D eigenvalue weighted by atomic mass is 16.3. The van der Waals surface area contributed by atoms with Crippen LogP contribution in [0.2, 0.25) is 0 Å². The summed E-state index contributed by atoms with van der Waals surface area (Å²) in [5.41, 5.74) is 1.39. The molecule has 0 heterocycles. The van der Waals surface area contributed by atoms with Crippen LogP contribution in [-0.2, 0) is 6.42 Å². The zero-order valence-electron chi connectivity index (χ0n) is 12.2. The molecule has 1 fully saturated rings. The summed E-state index contributed by atoms with van der Waals surface area (Å²) in [7, 11) is 0. The molecule has 5 heteroatoms. The number of rotatable bonds is 4. The summed E-state index contributed by atoms with van der Waals surface area (Å²) in [6.45, 7) is 2.09. The van der Waals surface area contributed by atoms with Crippen molar-refractivity contribution >= 4 is 11.7 Å². The van der Waals surface area contributed by atoms with Gasteiger partial charge < -0.3 is 15.7 Å². The van der Waals surface area contributed by atoms with Crippen molar-refractivity contribution < 1.29 is 9.90 Å². The van der Waals surface area contributed by atoms with Gasteiger partial charge in [0, 0.05) is 17.1 Å². The van der Waals surface area contributed by atoms with Gasteiger partial charge in [-0.15, -0.1) is 0 Å². The van der Waals surface area contributed by atoms with Crippen LogP contribution in [-0.4, -0.2) is 23.8 Å². The first-order valence-electron chi connectivity index (χ1n) is 7.22. The minimum absolute atomic E-state index is 0.000335. The van der Waals surface area contributed by atoms with Crippen molar-refractivity contribution in [3.63, 3.8) is 0 Å². The number of nitriles is 1. The molecule has 0 saturated heterocycles. The number of nitrogens with zero attached hydrogens (tertiary/aromatic N) is 1. The molecule has 3 N–H and O–H groups in total. The van der Waals surface area contributed by atoms with E-state index in [-0.39, 0.29) is 24.1 Å². The average Bonchev–Trinajstić information content (AvgIpc) is 2.83. The number of hydrogen-bond donors (Lipinski definition) is 3. The fraction of sp³-hybridized carbons (Fsp3) is 0.500. The molecule has 2 rings (SSSR count). The van der Waals surface area contributed by atoms with Gasteiger partial charge in [-0.3, -0.25) is 0 Å². The molecule has 2 amide bonds. The number of aliphatic hydroxyl groups is 1. The van der Waals surface area contributed by atoms with Crippen LogP contribution in [0.4, 0.5) is 10.5 Å². The SMILES string of the molecule is CC1(CO)CCCC1NC(=O)Nc1ccc(CC#N)cc1. The first kappa shape index (κ1) is 15.3. The largest absolute Gasteiger partial charge is 0.396 e. The van der Waals surface area contributed by atoms with E-state index in [1.54, 1.807) is 12.1 Å². The molecule has 2 unspecified atom stereocenters. The maximum absolute atomic E-state index is 12.0. The van der Waals surface area contributed by atoms with Gasteiger partial charge in [0.15, 0.2) is 0 Å². The van der Waals surface area contributed by atoms with E-state index in [4.69, 9.17) is 5.26 Å². The number of aliphatic hydroxyl groups excluding tert-OH is 1. The highest BCUT2D eigenvalue weighted by molar-refractivity contribution is 5.89. The Bertz CT molecular complexity index is 535. The Kier molecular flexibility index (Phi) is 4.81. The second kappa shape index (κ2) is 6.59. The Morgan fingerprint density at radius 1 is 1.48 bits per heavy atom. The quantitative estimate of drug-likeness (QED) is 0.795. The third-order valence-corrected chi connectivity index (χ3v) is 4.24. The van der Waals surface area contributed by atoms with E-state index < -0.39 is 0 Å². The molecule has 5 nitrogen and oxygen atoms in total. The van der Waals surface area contributed by atoms with Crippen molar-refractivity contribution in [2.24, 2.45) is 5.41 Å². The molecule has 112 valence electrons. The molecule has 1 aromatic rings. The molecule has 21 heavy (non-hydrogen) atoms. The van der Waals surface area contributed by atoms with Gasteiger partial charge in [0.25, 0.3) is 0 Å². The molecular weight excluding hydrogens is 266 g/mol. The minimum atomic E-state index is -0.255. The van der Waals surface area contributed by atoms with Crippen molar-refractivity contribution in [1.82, 2.24) is 5.32 Å². The fourth-order valence-electron chi connectivity index (χ4n) is 2.79. The molecule has 1 aliphatic carbocycles. The van der Waals surface area contributed by atoms with E-state index in [0.717, 1.165) is 24.8 Å². The van der Waals surface area contributed by atoms with Gasteiger partial charge in [-0.1, -0.05) is 25.5 Å². The standard InChI is InChI=1S/C16H21N3O2/c1-16(11-20)9-2-3-14(16)19-15(21)18-13-6-4-12(5-7-13)8-10-17/h4-7,14,20H,2-3,8-9,11H2,1H3,(H2,18,19,21).